The van der Waals surface area contributed by atoms with Gasteiger partial charge in [0.2, 0.25) is 0 Å². The number of hydrogen-bond acceptors (Lipinski definition) is 2. The van der Waals surface area contributed by atoms with Crippen LogP contribution in [0.5, 0.6) is 0 Å². The molecule has 0 saturated heterocycles. The summed E-state index contributed by atoms with van der Waals surface area (Å²) in [6, 6.07) is 22.9. The van der Waals surface area contributed by atoms with E-state index in [2.05, 4.69) is 0 Å². The second-order valence-electron chi connectivity index (χ2n) is 6.78. The van der Waals surface area contributed by atoms with Crippen molar-refractivity contribution in [2.75, 3.05) is 5.73 Å². The lowest BCUT2D eigenvalue weighted by Crippen LogP contribution is -1.99. The van der Waals surface area contributed by atoms with Gasteiger partial charge in [-0.2, -0.15) is 0 Å². The average Bonchev–Trinajstić information content (AvgIpc) is 2.73. The number of nitrogens with two attached hydrogens (primary N) is 1. The van der Waals surface area contributed by atoms with Crippen molar-refractivity contribution in [3.8, 4) is 11.1 Å². The summed E-state index contributed by atoms with van der Waals surface area (Å²) in [7, 11) is 0. The Labute approximate surface area is 167 Å². The quantitative estimate of drug-likeness (QED) is 0.331. The van der Waals surface area contributed by atoms with Crippen LogP contribution in [0.2, 0.25) is 0 Å². The largest absolute Gasteiger partial charge is 0.478 e. The van der Waals surface area contributed by atoms with Crippen LogP contribution in [0.15, 0.2) is 78.9 Å². The van der Waals surface area contributed by atoms with Gasteiger partial charge in [-0.25, -0.2) is 9.18 Å². The summed E-state index contributed by atoms with van der Waals surface area (Å²) >= 11 is 0. The molecule has 0 aromatic heterocycles. The number of carbonyl (C=O) groups is 1. The molecule has 29 heavy (non-hydrogen) atoms. The summed E-state index contributed by atoms with van der Waals surface area (Å²) < 4.78 is 13.2. The fourth-order valence-electron chi connectivity index (χ4n) is 3.32. The SMILES string of the molecule is Nc1cccc2ccc(C=Cc3cc(-c4ccc(F)cc4)ccc3C(=O)O)cc12. The fraction of sp³-hybridized carbons (Fsp3) is 0. The van der Waals surface area contributed by atoms with E-state index in [1.54, 1.807) is 36.4 Å². The summed E-state index contributed by atoms with van der Waals surface area (Å²) in [6.45, 7) is 0. The molecule has 0 aliphatic carbocycles. The van der Waals surface area contributed by atoms with Crippen LogP contribution in [0.3, 0.4) is 0 Å². The molecule has 3 nitrogen and oxygen atoms in total. The van der Waals surface area contributed by atoms with Crippen LogP contribution in [0.25, 0.3) is 34.1 Å². The summed E-state index contributed by atoms with van der Waals surface area (Å²) in [4.78, 5) is 11.6. The van der Waals surface area contributed by atoms with Crippen molar-refractivity contribution in [3.05, 3.63) is 101 Å². The molecule has 0 bridgehead atoms. The number of aromatic carboxylic acids is 1. The van der Waals surface area contributed by atoms with E-state index in [4.69, 9.17) is 5.73 Å². The molecule has 0 radical (unpaired) electrons. The number of halogens is 1. The van der Waals surface area contributed by atoms with Gasteiger partial charge < -0.3 is 10.8 Å². The van der Waals surface area contributed by atoms with Crippen molar-refractivity contribution < 1.29 is 14.3 Å². The minimum Gasteiger partial charge on any atom is -0.478 e. The van der Waals surface area contributed by atoms with Crippen LogP contribution >= 0.6 is 0 Å². The zero-order chi connectivity index (χ0) is 20.4. The van der Waals surface area contributed by atoms with Crippen molar-refractivity contribution in [1.82, 2.24) is 0 Å². The van der Waals surface area contributed by atoms with Gasteiger partial charge in [0.15, 0.2) is 0 Å². The third-order valence-electron chi connectivity index (χ3n) is 4.85. The molecule has 0 heterocycles. The second-order valence-corrected chi connectivity index (χ2v) is 6.78. The smallest absolute Gasteiger partial charge is 0.336 e. The van der Waals surface area contributed by atoms with Crippen molar-refractivity contribution in [2.45, 2.75) is 0 Å². The van der Waals surface area contributed by atoms with Gasteiger partial charge >= 0.3 is 5.97 Å². The number of carboxylic acid groups (broad SMARTS) is 1. The summed E-state index contributed by atoms with van der Waals surface area (Å²) in [6.07, 6.45) is 3.64. The molecule has 0 saturated carbocycles. The Balaban J connectivity index is 1.74. The first-order valence-corrected chi connectivity index (χ1v) is 9.11. The third kappa shape index (κ3) is 3.87. The van der Waals surface area contributed by atoms with E-state index in [0.717, 1.165) is 27.5 Å². The maximum absolute atomic E-state index is 13.2. The Hall–Kier alpha value is -3.92. The highest BCUT2D eigenvalue weighted by molar-refractivity contribution is 5.97. The van der Waals surface area contributed by atoms with Gasteiger partial charge in [-0.05, 0) is 64.0 Å². The lowest BCUT2D eigenvalue weighted by Gasteiger charge is -2.07. The van der Waals surface area contributed by atoms with Gasteiger partial charge in [0, 0.05) is 11.1 Å². The van der Waals surface area contributed by atoms with E-state index in [1.807, 2.05) is 42.5 Å². The molecule has 142 valence electrons. The number of fused-ring (bicyclic) bond motifs is 1. The highest BCUT2D eigenvalue weighted by Crippen LogP contribution is 2.26. The summed E-state index contributed by atoms with van der Waals surface area (Å²) in [5.41, 5.74) is 10.1. The number of carboxylic acids is 1. The maximum atomic E-state index is 13.2. The molecule has 3 N–H and O–H groups in total. The van der Waals surface area contributed by atoms with Crippen molar-refractivity contribution in [3.63, 3.8) is 0 Å². The van der Waals surface area contributed by atoms with Gasteiger partial charge in [-0.15, -0.1) is 0 Å². The number of benzene rings is 4. The molecule has 0 fully saturated rings. The van der Waals surface area contributed by atoms with Gasteiger partial charge in [0.25, 0.3) is 0 Å². The average molecular weight is 383 g/mol. The zero-order valence-electron chi connectivity index (χ0n) is 15.5. The lowest BCUT2D eigenvalue weighted by atomic mass is 9.98. The lowest BCUT2D eigenvalue weighted by molar-refractivity contribution is 0.0696. The maximum Gasteiger partial charge on any atom is 0.336 e. The van der Waals surface area contributed by atoms with Gasteiger partial charge in [-0.3, -0.25) is 0 Å². The number of hydrogen-bond donors (Lipinski definition) is 2. The molecular weight excluding hydrogens is 365 g/mol. The van der Waals surface area contributed by atoms with Crippen molar-refractivity contribution in [2.24, 2.45) is 0 Å². The Bertz CT molecular complexity index is 1240. The molecule has 4 aromatic rings. The Kier molecular flexibility index (Phi) is 4.83. The van der Waals surface area contributed by atoms with Gasteiger partial charge in [0.05, 0.1) is 5.56 Å². The molecule has 0 aliphatic rings. The van der Waals surface area contributed by atoms with Crippen molar-refractivity contribution in [1.29, 1.82) is 0 Å². The normalized spacial score (nSPS) is 11.2. The van der Waals surface area contributed by atoms with Crippen LogP contribution in [0.4, 0.5) is 10.1 Å². The first-order valence-electron chi connectivity index (χ1n) is 9.11. The zero-order valence-corrected chi connectivity index (χ0v) is 15.5. The monoisotopic (exact) mass is 383 g/mol. The van der Waals surface area contributed by atoms with Crippen molar-refractivity contribution >= 4 is 34.6 Å². The van der Waals surface area contributed by atoms with Crippen LogP contribution in [-0.2, 0) is 0 Å². The standard InChI is InChI=1S/C25H18FNO2/c26-21-11-8-17(9-12-21)19-10-13-22(25(28)29)20(15-19)7-5-16-4-6-18-2-1-3-24(27)23(18)14-16/h1-15H,27H2,(H,28,29). The molecule has 0 spiro atoms. The second kappa shape index (κ2) is 7.60. The van der Waals surface area contributed by atoms with E-state index in [1.165, 1.54) is 12.1 Å². The van der Waals surface area contributed by atoms with E-state index >= 15 is 0 Å². The number of nitrogen functional groups attached to an aromatic ring is 1. The minimum absolute atomic E-state index is 0.201. The predicted molar refractivity (Wildman–Crippen MR) is 116 cm³/mol. The van der Waals surface area contributed by atoms with E-state index in [0.29, 0.717) is 11.3 Å². The number of anilines is 1. The van der Waals surface area contributed by atoms with Gasteiger partial charge in [-0.1, -0.05) is 54.6 Å². The van der Waals surface area contributed by atoms with E-state index in [-0.39, 0.29) is 11.4 Å². The first-order chi connectivity index (χ1) is 14.0. The first kappa shape index (κ1) is 18.4. The highest BCUT2D eigenvalue weighted by atomic mass is 19.1. The highest BCUT2D eigenvalue weighted by Gasteiger charge is 2.10. The van der Waals surface area contributed by atoms with Crippen LogP contribution in [0.1, 0.15) is 21.5 Å². The van der Waals surface area contributed by atoms with Crippen LogP contribution in [0, 0.1) is 5.82 Å². The Morgan fingerprint density at radius 3 is 2.38 bits per heavy atom. The molecule has 4 heteroatoms. The Morgan fingerprint density at radius 2 is 1.62 bits per heavy atom. The van der Waals surface area contributed by atoms with Crippen LogP contribution < -0.4 is 5.73 Å². The number of rotatable bonds is 4. The molecule has 0 amide bonds. The van der Waals surface area contributed by atoms with Gasteiger partial charge in [0.1, 0.15) is 5.82 Å². The van der Waals surface area contributed by atoms with E-state index in [9.17, 15) is 14.3 Å². The molecule has 0 unspecified atom stereocenters. The third-order valence-corrected chi connectivity index (χ3v) is 4.85. The fourth-order valence-corrected chi connectivity index (χ4v) is 3.32. The molecule has 4 aromatic carbocycles. The predicted octanol–water partition coefficient (Wildman–Crippen LogP) is 6.10. The summed E-state index contributed by atoms with van der Waals surface area (Å²) in [5, 5.41) is 11.5. The minimum atomic E-state index is -1.00. The molecular formula is C25H18FNO2. The molecule has 0 aliphatic heterocycles. The molecule has 0 atom stereocenters. The Morgan fingerprint density at radius 1 is 0.862 bits per heavy atom. The topological polar surface area (TPSA) is 63.3 Å². The molecule has 4 rings (SSSR count). The van der Waals surface area contributed by atoms with Crippen LogP contribution in [-0.4, -0.2) is 11.1 Å². The summed E-state index contributed by atoms with van der Waals surface area (Å²) in [5.74, 6) is -1.32. The van der Waals surface area contributed by atoms with E-state index < -0.39 is 5.97 Å².